The van der Waals surface area contributed by atoms with Gasteiger partial charge in [-0.15, -0.1) is 0 Å². The Balaban J connectivity index is 1.26. The Hall–Kier alpha value is -1.87. The molecule has 198 valence electrons. The van der Waals surface area contributed by atoms with Crippen molar-refractivity contribution in [2.45, 2.75) is 69.3 Å². The van der Waals surface area contributed by atoms with Gasteiger partial charge in [-0.2, -0.15) is 0 Å². The maximum absolute atomic E-state index is 14.9. The van der Waals surface area contributed by atoms with Crippen LogP contribution in [-0.2, 0) is 15.6 Å². The summed E-state index contributed by atoms with van der Waals surface area (Å²) in [4.78, 5) is 2.11. The molecule has 1 aliphatic heterocycles. The molecule has 0 unspecified atom stereocenters. The van der Waals surface area contributed by atoms with Crippen LogP contribution in [0.1, 0.15) is 57.9 Å². The van der Waals surface area contributed by atoms with Gasteiger partial charge in [-0.25, -0.2) is 17.5 Å². The fourth-order valence-electron chi connectivity index (χ4n) is 5.13. The van der Waals surface area contributed by atoms with Gasteiger partial charge in [0.05, 0.1) is 16.5 Å². The van der Waals surface area contributed by atoms with Gasteiger partial charge < -0.3 is 15.3 Å². The van der Waals surface area contributed by atoms with Crippen LogP contribution < -0.4 is 14.9 Å². The van der Waals surface area contributed by atoms with Crippen molar-refractivity contribution >= 4 is 33.0 Å². The number of nitrogens with zero attached hydrogens (tertiary/aromatic N) is 1. The van der Waals surface area contributed by atoms with Gasteiger partial charge in [-0.1, -0.05) is 23.7 Å². The van der Waals surface area contributed by atoms with Crippen molar-refractivity contribution in [3.05, 3.63) is 58.9 Å². The minimum Gasteiger partial charge on any atom is -0.385 e. The first kappa shape index (κ1) is 27.2. The van der Waals surface area contributed by atoms with Crippen molar-refractivity contribution in [2.75, 3.05) is 29.9 Å². The van der Waals surface area contributed by atoms with E-state index in [1.807, 2.05) is 18.2 Å². The lowest BCUT2D eigenvalue weighted by molar-refractivity contribution is 0.0118. The first-order valence-electron chi connectivity index (χ1n) is 12.8. The molecule has 0 aromatic heterocycles. The Morgan fingerprint density at radius 2 is 1.72 bits per heavy atom. The molecule has 1 saturated carbocycles. The quantitative estimate of drug-likeness (QED) is 0.427. The molecule has 0 spiro atoms. The topological polar surface area (TPSA) is 81.7 Å². The van der Waals surface area contributed by atoms with Gasteiger partial charge in [-0.3, -0.25) is 0 Å². The van der Waals surface area contributed by atoms with Gasteiger partial charge in [0, 0.05) is 36.4 Å². The van der Waals surface area contributed by atoms with Crippen LogP contribution in [0.25, 0.3) is 0 Å². The van der Waals surface area contributed by atoms with Crippen LogP contribution in [0, 0.1) is 11.7 Å². The van der Waals surface area contributed by atoms with Crippen LogP contribution in [0.15, 0.2) is 42.5 Å². The van der Waals surface area contributed by atoms with Crippen LogP contribution in [0.5, 0.6) is 0 Å². The lowest BCUT2D eigenvalue weighted by atomic mass is 9.84. The van der Waals surface area contributed by atoms with Crippen LogP contribution >= 0.6 is 11.6 Å². The summed E-state index contributed by atoms with van der Waals surface area (Å²) in [7, 11) is -3.25. The van der Waals surface area contributed by atoms with Gasteiger partial charge in [-0.05, 0) is 94.2 Å². The van der Waals surface area contributed by atoms with Crippen LogP contribution in [0.3, 0.4) is 0 Å². The molecule has 1 saturated heterocycles. The molecule has 0 atom stereocenters. The Kier molecular flexibility index (Phi) is 8.49. The molecule has 9 heteroatoms. The highest BCUT2D eigenvalue weighted by molar-refractivity contribution is 7.90. The number of halogens is 2. The number of hydrogen-bond acceptors (Lipinski definition) is 5. The summed E-state index contributed by atoms with van der Waals surface area (Å²) in [6, 6.07) is 12.6. The molecule has 36 heavy (non-hydrogen) atoms. The second kappa shape index (κ2) is 11.3. The lowest BCUT2D eigenvalue weighted by Gasteiger charge is -2.39. The van der Waals surface area contributed by atoms with Crippen LogP contribution in [-0.4, -0.2) is 44.5 Å². The van der Waals surface area contributed by atoms with E-state index in [0.717, 1.165) is 36.9 Å². The molecule has 0 amide bonds. The number of nitrogens with one attached hydrogen (secondary N) is 2. The highest BCUT2D eigenvalue weighted by Gasteiger charge is 2.34. The van der Waals surface area contributed by atoms with E-state index in [1.54, 1.807) is 38.1 Å². The summed E-state index contributed by atoms with van der Waals surface area (Å²) in [6.07, 6.45) is 4.54. The molecule has 4 rings (SSSR count). The van der Waals surface area contributed by atoms with E-state index < -0.39 is 20.9 Å². The van der Waals surface area contributed by atoms with Crippen LogP contribution in [0.2, 0.25) is 5.02 Å². The molecule has 2 fully saturated rings. The zero-order valence-corrected chi connectivity index (χ0v) is 22.6. The summed E-state index contributed by atoms with van der Waals surface area (Å²) in [5.41, 5.74) is 1.27. The third-order valence-corrected chi connectivity index (χ3v) is 9.82. The third-order valence-electron chi connectivity index (χ3n) is 7.67. The smallest absolute Gasteiger partial charge is 0.214 e. The monoisotopic (exact) mass is 537 g/mol. The first-order valence-corrected chi connectivity index (χ1v) is 14.8. The number of benzene rings is 2. The van der Waals surface area contributed by atoms with E-state index in [9.17, 15) is 17.9 Å². The predicted molar refractivity (Wildman–Crippen MR) is 145 cm³/mol. The highest BCUT2D eigenvalue weighted by Crippen LogP contribution is 2.36. The fraction of sp³-hybridized carbons (Fsp3) is 0.556. The van der Waals surface area contributed by atoms with Gasteiger partial charge in [0.15, 0.2) is 0 Å². The maximum atomic E-state index is 14.9. The van der Waals surface area contributed by atoms with Gasteiger partial charge in [0.2, 0.25) is 10.0 Å². The third kappa shape index (κ3) is 6.52. The van der Waals surface area contributed by atoms with Gasteiger partial charge in [0.1, 0.15) is 5.82 Å². The maximum Gasteiger partial charge on any atom is 0.214 e. The second-order valence-corrected chi connectivity index (χ2v) is 13.2. The average molecular weight is 538 g/mol. The summed E-state index contributed by atoms with van der Waals surface area (Å²) in [5, 5.41) is 14.6. The van der Waals surface area contributed by atoms with E-state index in [0.29, 0.717) is 49.1 Å². The van der Waals surface area contributed by atoms with Crippen molar-refractivity contribution in [1.29, 1.82) is 0 Å². The molecule has 2 aromatic rings. The molecular formula is C27H37ClFN3O3S. The van der Waals surface area contributed by atoms with Crippen LogP contribution in [0.4, 0.5) is 15.8 Å². The molecule has 0 bridgehead atoms. The number of rotatable bonds is 8. The van der Waals surface area contributed by atoms with Crippen molar-refractivity contribution in [3.8, 4) is 0 Å². The minimum absolute atomic E-state index is 0.00781. The van der Waals surface area contributed by atoms with Crippen molar-refractivity contribution in [3.63, 3.8) is 0 Å². The summed E-state index contributed by atoms with van der Waals surface area (Å²) >= 11 is 5.98. The molecule has 2 aliphatic rings. The van der Waals surface area contributed by atoms with Crippen molar-refractivity contribution in [1.82, 2.24) is 4.72 Å². The number of anilines is 2. The van der Waals surface area contributed by atoms with E-state index in [-0.39, 0.29) is 11.9 Å². The zero-order chi connectivity index (χ0) is 25.9. The molecule has 3 N–H and O–H groups in total. The van der Waals surface area contributed by atoms with E-state index >= 15 is 0 Å². The number of aliphatic hydroxyl groups is 1. The Morgan fingerprint density at radius 3 is 2.31 bits per heavy atom. The van der Waals surface area contributed by atoms with E-state index in [2.05, 4.69) is 14.9 Å². The summed E-state index contributed by atoms with van der Waals surface area (Å²) in [5.74, 6) is 0.0981. The Labute approximate surface area is 219 Å². The number of hydrogen-bond donors (Lipinski definition) is 3. The van der Waals surface area contributed by atoms with Gasteiger partial charge in [0.25, 0.3) is 0 Å². The minimum atomic E-state index is -3.25. The largest absolute Gasteiger partial charge is 0.385 e. The Morgan fingerprint density at radius 1 is 1.08 bits per heavy atom. The summed E-state index contributed by atoms with van der Waals surface area (Å²) in [6.45, 7) is 5.30. The molecule has 1 aliphatic carbocycles. The van der Waals surface area contributed by atoms with Crippen molar-refractivity contribution < 1.29 is 17.9 Å². The molecule has 6 nitrogen and oxygen atoms in total. The second-order valence-electron chi connectivity index (χ2n) is 10.5. The highest BCUT2D eigenvalue weighted by atomic mass is 35.5. The molecule has 0 radical (unpaired) electrons. The number of piperidine rings is 1. The Bertz CT molecular complexity index is 1130. The molecule has 1 heterocycles. The predicted octanol–water partition coefficient (Wildman–Crippen LogP) is 5.27. The number of sulfonamides is 1. The average Bonchev–Trinajstić information content (AvgIpc) is 2.85. The fourth-order valence-corrected chi connectivity index (χ4v) is 6.23. The lowest BCUT2D eigenvalue weighted by Crippen LogP contribution is -2.42. The SMILES string of the molecule is CC(C)S(=O)(=O)NC1CCC(CNc2ccc(N3CCC(O)(c4ccc(Cl)cc4)CC3)cc2F)CC1. The zero-order valence-electron chi connectivity index (χ0n) is 21.0. The van der Waals surface area contributed by atoms with E-state index in [1.165, 1.54) is 0 Å². The summed E-state index contributed by atoms with van der Waals surface area (Å²) < 4.78 is 41.9. The molecular weight excluding hydrogens is 501 g/mol. The standard InChI is InChI=1S/C27H37ClFN3O3S/c1-19(2)36(34,35)31-23-9-3-20(4-10-23)18-30-26-12-11-24(17-25(26)29)32-15-13-27(33,14-16-32)21-5-7-22(28)8-6-21/h5-8,11-12,17,19-20,23,30-31,33H,3-4,9-10,13-16,18H2,1-2H3. The normalized spacial score (nSPS) is 22.6. The first-order chi connectivity index (χ1) is 17.1. The van der Waals surface area contributed by atoms with Gasteiger partial charge >= 0.3 is 0 Å². The van der Waals surface area contributed by atoms with E-state index in [4.69, 9.17) is 11.6 Å². The molecule has 2 aromatic carbocycles. The van der Waals surface area contributed by atoms with Crippen molar-refractivity contribution in [2.24, 2.45) is 5.92 Å².